The standard InChI is InChI=1S/C22H22F2N6O3/c1-13-11-26-18(28-19(13)30-7-5-22(23,24)6-8-30)20(31)27-15-12-33-17-9-14(10-25)3-4-16(17)29(2)21(15)32/h3-4,9,11,15H,5-8,12H2,1-2H3,(H,27,31)/t15-/m0/s1. The van der Waals surface area contributed by atoms with Crippen LogP contribution < -0.4 is 19.9 Å². The van der Waals surface area contributed by atoms with Crippen LogP contribution in [0.2, 0.25) is 0 Å². The predicted molar refractivity (Wildman–Crippen MR) is 114 cm³/mol. The number of amides is 2. The first-order chi connectivity index (χ1) is 15.7. The number of aromatic nitrogens is 2. The summed E-state index contributed by atoms with van der Waals surface area (Å²) in [5, 5.41) is 11.7. The fourth-order valence-electron chi connectivity index (χ4n) is 3.81. The molecule has 2 aliphatic rings. The van der Waals surface area contributed by atoms with Crippen molar-refractivity contribution in [2.75, 3.05) is 36.5 Å². The normalized spacial score (nSPS) is 19.7. The molecule has 2 amide bonds. The Balaban J connectivity index is 1.50. The Morgan fingerprint density at radius 1 is 1.33 bits per heavy atom. The van der Waals surface area contributed by atoms with Gasteiger partial charge in [-0.1, -0.05) is 0 Å². The number of carbonyl (C=O) groups is 2. The van der Waals surface area contributed by atoms with E-state index in [1.807, 2.05) is 6.07 Å². The molecule has 1 atom stereocenters. The zero-order valence-corrected chi connectivity index (χ0v) is 18.1. The number of benzene rings is 1. The molecule has 1 saturated heterocycles. The molecule has 11 heteroatoms. The summed E-state index contributed by atoms with van der Waals surface area (Å²) in [6, 6.07) is 5.71. The number of fused-ring (bicyclic) bond motifs is 1. The monoisotopic (exact) mass is 456 g/mol. The van der Waals surface area contributed by atoms with Gasteiger partial charge in [0.2, 0.25) is 5.82 Å². The molecule has 0 radical (unpaired) electrons. The largest absolute Gasteiger partial charge is 0.489 e. The van der Waals surface area contributed by atoms with E-state index in [2.05, 4.69) is 15.3 Å². The summed E-state index contributed by atoms with van der Waals surface area (Å²) in [4.78, 5) is 37.2. The van der Waals surface area contributed by atoms with Crippen molar-refractivity contribution in [1.29, 1.82) is 5.26 Å². The highest BCUT2D eigenvalue weighted by Gasteiger charge is 2.35. The summed E-state index contributed by atoms with van der Waals surface area (Å²) in [5.74, 6) is -3.18. The minimum absolute atomic E-state index is 0.120. The Bertz CT molecular complexity index is 1140. The van der Waals surface area contributed by atoms with E-state index in [0.717, 1.165) is 0 Å². The number of anilines is 2. The average molecular weight is 456 g/mol. The van der Waals surface area contributed by atoms with E-state index in [-0.39, 0.29) is 38.4 Å². The van der Waals surface area contributed by atoms with Crippen molar-refractivity contribution in [3.63, 3.8) is 0 Å². The maximum absolute atomic E-state index is 13.5. The van der Waals surface area contributed by atoms with Gasteiger partial charge < -0.3 is 19.9 Å². The number of hydrogen-bond donors (Lipinski definition) is 1. The topological polar surface area (TPSA) is 111 Å². The van der Waals surface area contributed by atoms with Crippen LogP contribution in [0.15, 0.2) is 24.4 Å². The van der Waals surface area contributed by atoms with Gasteiger partial charge in [-0.2, -0.15) is 5.26 Å². The van der Waals surface area contributed by atoms with Crippen molar-refractivity contribution in [3.8, 4) is 11.8 Å². The Labute approximate surface area is 189 Å². The van der Waals surface area contributed by atoms with E-state index in [1.54, 1.807) is 31.0 Å². The third-order valence-electron chi connectivity index (χ3n) is 5.73. The fraction of sp³-hybridized carbons (Fsp3) is 0.409. The first kappa shape index (κ1) is 22.4. The number of piperidine rings is 1. The Morgan fingerprint density at radius 2 is 2.06 bits per heavy atom. The summed E-state index contributed by atoms with van der Waals surface area (Å²) in [6.45, 7) is 1.84. The number of likely N-dealkylation sites (N-methyl/N-ethyl adjacent to an activating group) is 1. The lowest BCUT2D eigenvalue weighted by molar-refractivity contribution is -0.120. The number of hydrogen-bond acceptors (Lipinski definition) is 7. The molecule has 2 aromatic rings. The minimum Gasteiger partial charge on any atom is -0.489 e. The van der Waals surface area contributed by atoms with E-state index >= 15 is 0 Å². The molecule has 1 fully saturated rings. The van der Waals surface area contributed by atoms with Crippen molar-refractivity contribution >= 4 is 23.3 Å². The number of nitriles is 1. The van der Waals surface area contributed by atoms with Gasteiger partial charge in [0.05, 0.1) is 17.3 Å². The number of alkyl halides is 2. The molecule has 0 aliphatic carbocycles. The van der Waals surface area contributed by atoms with Crippen molar-refractivity contribution < 1.29 is 23.1 Å². The highest BCUT2D eigenvalue weighted by atomic mass is 19.3. The van der Waals surface area contributed by atoms with E-state index in [4.69, 9.17) is 10.00 Å². The van der Waals surface area contributed by atoms with Crippen LogP contribution >= 0.6 is 0 Å². The van der Waals surface area contributed by atoms with Gasteiger partial charge in [-0.25, -0.2) is 18.7 Å². The number of nitrogens with one attached hydrogen (secondary N) is 1. The molecular weight excluding hydrogens is 434 g/mol. The van der Waals surface area contributed by atoms with Gasteiger partial charge in [-0.3, -0.25) is 9.59 Å². The van der Waals surface area contributed by atoms with Gasteiger partial charge in [-0.05, 0) is 19.1 Å². The Kier molecular flexibility index (Phi) is 5.84. The molecule has 2 aliphatic heterocycles. The number of aryl methyl sites for hydroxylation is 1. The van der Waals surface area contributed by atoms with Crippen molar-refractivity contribution in [2.24, 2.45) is 0 Å². The molecule has 4 rings (SSSR count). The third kappa shape index (κ3) is 4.55. The molecule has 1 aromatic heterocycles. The molecule has 1 N–H and O–H groups in total. The lowest BCUT2D eigenvalue weighted by atomic mass is 10.1. The molecular formula is C22H22F2N6O3. The van der Waals surface area contributed by atoms with Crippen LogP contribution in [0.1, 0.15) is 34.6 Å². The summed E-state index contributed by atoms with van der Waals surface area (Å²) in [5.41, 5.74) is 1.52. The average Bonchev–Trinajstić information content (AvgIpc) is 2.91. The zero-order valence-electron chi connectivity index (χ0n) is 18.1. The first-order valence-electron chi connectivity index (χ1n) is 10.4. The van der Waals surface area contributed by atoms with Gasteiger partial charge in [0.15, 0.2) is 0 Å². The molecule has 0 unspecified atom stereocenters. The summed E-state index contributed by atoms with van der Waals surface area (Å²) in [7, 11) is 1.55. The quantitative estimate of drug-likeness (QED) is 0.752. The number of nitrogens with zero attached hydrogens (tertiary/aromatic N) is 5. The molecule has 33 heavy (non-hydrogen) atoms. The van der Waals surface area contributed by atoms with Crippen LogP contribution in [0.5, 0.6) is 5.75 Å². The van der Waals surface area contributed by atoms with Gasteiger partial charge in [0, 0.05) is 50.8 Å². The number of halogens is 2. The van der Waals surface area contributed by atoms with Crippen LogP contribution in [0.25, 0.3) is 0 Å². The molecule has 172 valence electrons. The minimum atomic E-state index is -2.70. The van der Waals surface area contributed by atoms with Crippen LogP contribution in [-0.4, -0.2) is 60.5 Å². The Hall–Kier alpha value is -3.81. The Morgan fingerprint density at radius 3 is 2.76 bits per heavy atom. The van der Waals surface area contributed by atoms with Crippen molar-refractivity contribution in [1.82, 2.24) is 15.3 Å². The third-order valence-corrected chi connectivity index (χ3v) is 5.73. The van der Waals surface area contributed by atoms with E-state index in [9.17, 15) is 18.4 Å². The smallest absolute Gasteiger partial charge is 0.289 e. The molecule has 0 bridgehead atoms. The fourth-order valence-corrected chi connectivity index (χ4v) is 3.81. The second-order valence-corrected chi connectivity index (χ2v) is 8.07. The maximum atomic E-state index is 13.5. The predicted octanol–water partition coefficient (Wildman–Crippen LogP) is 2.05. The van der Waals surface area contributed by atoms with Gasteiger partial charge in [0.25, 0.3) is 17.7 Å². The highest BCUT2D eigenvalue weighted by molar-refractivity contribution is 6.02. The second kappa shape index (κ2) is 8.61. The first-order valence-corrected chi connectivity index (χ1v) is 10.4. The summed E-state index contributed by atoms with van der Waals surface area (Å²) in [6.07, 6.45) is 0.888. The summed E-state index contributed by atoms with van der Waals surface area (Å²) >= 11 is 0. The molecule has 0 spiro atoms. The molecule has 9 nitrogen and oxygen atoms in total. The van der Waals surface area contributed by atoms with Gasteiger partial charge in [-0.15, -0.1) is 0 Å². The lowest BCUT2D eigenvalue weighted by Crippen LogP contribution is -2.49. The molecule has 0 saturated carbocycles. The van der Waals surface area contributed by atoms with E-state index < -0.39 is 23.8 Å². The van der Waals surface area contributed by atoms with E-state index in [1.165, 1.54) is 17.2 Å². The second-order valence-electron chi connectivity index (χ2n) is 8.07. The van der Waals surface area contributed by atoms with Gasteiger partial charge >= 0.3 is 0 Å². The van der Waals surface area contributed by atoms with Gasteiger partial charge in [0.1, 0.15) is 24.2 Å². The highest BCUT2D eigenvalue weighted by Crippen LogP contribution is 2.32. The number of carbonyl (C=O) groups excluding carboxylic acids is 2. The van der Waals surface area contributed by atoms with Crippen LogP contribution in [-0.2, 0) is 4.79 Å². The van der Waals surface area contributed by atoms with E-state index in [0.29, 0.717) is 28.4 Å². The van der Waals surface area contributed by atoms with Crippen LogP contribution in [0, 0.1) is 18.3 Å². The summed E-state index contributed by atoms with van der Waals surface area (Å²) < 4.78 is 32.7. The molecule has 3 heterocycles. The van der Waals surface area contributed by atoms with Crippen LogP contribution in [0.3, 0.4) is 0 Å². The zero-order chi connectivity index (χ0) is 23.8. The van der Waals surface area contributed by atoms with Crippen LogP contribution in [0.4, 0.5) is 20.3 Å². The SMILES string of the molecule is Cc1cnc(C(=O)N[C@H]2COc3cc(C#N)ccc3N(C)C2=O)nc1N1CCC(F)(F)CC1. The molecule has 1 aromatic carbocycles. The van der Waals surface area contributed by atoms with Crippen molar-refractivity contribution in [3.05, 3.63) is 41.3 Å². The maximum Gasteiger partial charge on any atom is 0.289 e. The van der Waals surface area contributed by atoms with Crippen molar-refractivity contribution in [2.45, 2.75) is 31.7 Å². The number of rotatable bonds is 3. The lowest BCUT2D eigenvalue weighted by Gasteiger charge is -2.33. The number of ether oxygens (including phenoxy) is 1.